The minimum atomic E-state index is -0.631. The van der Waals surface area contributed by atoms with Crippen LogP contribution in [0.15, 0.2) is 42.6 Å². The Bertz CT molecular complexity index is 617. The highest BCUT2D eigenvalue weighted by Gasteiger charge is 2.16. The first-order valence-electron chi connectivity index (χ1n) is 6.66. The average molecular weight is 305 g/mol. The summed E-state index contributed by atoms with van der Waals surface area (Å²) in [4.78, 5) is 16.2. The number of amides is 1. The number of halogens is 1. The number of nitrogens with zero attached hydrogens (tertiary/aromatic N) is 1. The van der Waals surface area contributed by atoms with E-state index in [4.69, 9.17) is 16.3 Å². The van der Waals surface area contributed by atoms with E-state index in [-0.39, 0.29) is 5.91 Å². The van der Waals surface area contributed by atoms with Crippen molar-refractivity contribution in [1.29, 1.82) is 0 Å². The van der Waals surface area contributed by atoms with E-state index in [1.54, 1.807) is 19.2 Å². The number of aromatic nitrogens is 1. The Hall–Kier alpha value is -2.07. The van der Waals surface area contributed by atoms with E-state index in [1.165, 1.54) is 0 Å². The van der Waals surface area contributed by atoms with Gasteiger partial charge in [0.25, 0.3) is 5.91 Å². The van der Waals surface area contributed by atoms with E-state index in [2.05, 4.69) is 10.3 Å². The Morgan fingerprint density at radius 3 is 2.90 bits per heavy atom. The van der Waals surface area contributed by atoms with Crippen LogP contribution in [-0.4, -0.2) is 17.0 Å². The van der Waals surface area contributed by atoms with E-state index in [1.807, 2.05) is 37.3 Å². The number of hydrogen-bond acceptors (Lipinski definition) is 3. The smallest absolute Gasteiger partial charge is 0.261 e. The van der Waals surface area contributed by atoms with E-state index in [0.717, 1.165) is 11.3 Å². The molecule has 0 saturated carbocycles. The van der Waals surface area contributed by atoms with Crippen molar-refractivity contribution in [3.05, 3.63) is 58.9 Å². The van der Waals surface area contributed by atoms with Crippen LogP contribution in [0.5, 0.6) is 5.75 Å². The minimum Gasteiger partial charge on any atom is -0.479 e. The van der Waals surface area contributed by atoms with Crippen molar-refractivity contribution in [2.75, 3.05) is 0 Å². The molecule has 110 valence electrons. The zero-order valence-corrected chi connectivity index (χ0v) is 12.7. The topological polar surface area (TPSA) is 51.2 Å². The van der Waals surface area contributed by atoms with Crippen molar-refractivity contribution >= 4 is 17.5 Å². The number of pyridine rings is 1. The van der Waals surface area contributed by atoms with E-state index in [0.29, 0.717) is 17.3 Å². The quantitative estimate of drug-likeness (QED) is 0.923. The van der Waals surface area contributed by atoms with Crippen LogP contribution in [0.3, 0.4) is 0 Å². The molecule has 0 radical (unpaired) electrons. The Kier molecular flexibility index (Phi) is 5.17. The molecule has 1 unspecified atom stereocenters. The van der Waals surface area contributed by atoms with Crippen LogP contribution in [0.1, 0.15) is 18.2 Å². The summed E-state index contributed by atoms with van der Waals surface area (Å²) in [6.45, 7) is 4.00. The second-order valence-corrected chi connectivity index (χ2v) is 5.14. The molecular formula is C16H17ClN2O2. The molecule has 1 atom stereocenters. The van der Waals surface area contributed by atoms with Crippen molar-refractivity contribution in [1.82, 2.24) is 10.3 Å². The second-order valence-electron chi connectivity index (χ2n) is 4.73. The van der Waals surface area contributed by atoms with Gasteiger partial charge in [-0.3, -0.25) is 9.78 Å². The first-order chi connectivity index (χ1) is 10.1. The van der Waals surface area contributed by atoms with Gasteiger partial charge in [0.1, 0.15) is 5.75 Å². The molecule has 0 bridgehead atoms. The van der Waals surface area contributed by atoms with Gasteiger partial charge in [0, 0.05) is 6.20 Å². The molecular weight excluding hydrogens is 288 g/mol. The Morgan fingerprint density at radius 1 is 1.38 bits per heavy atom. The third kappa shape index (κ3) is 4.46. The fourth-order valence-corrected chi connectivity index (χ4v) is 1.93. The molecule has 0 spiro atoms. The predicted molar refractivity (Wildman–Crippen MR) is 82.4 cm³/mol. The molecule has 1 N–H and O–H groups in total. The van der Waals surface area contributed by atoms with Gasteiger partial charge in [-0.15, -0.1) is 0 Å². The Morgan fingerprint density at radius 2 is 2.19 bits per heavy atom. The summed E-state index contributed by atoms with van der Waals surface area (Å²) in [6.07, 6.45) is 1.06. The zero-order chi connectivity index (χ0) is 15.2. The molecule has 21 heavy (non-hydrogen) atoms. The maximum absolute atomic E-state index is 12.0. The van der Waals surface area contributed by atoms with Gasteiger partial charge in [-0.2, -0.15) is 0 Å². The molecule has 0 aliphatic heterocycles. The molecule has 2 rings (SSSR count). The summed E-state index contributed by atoms with van der Waals surface area (Å²) in [5.41, 5.74) is 1.82. The number of carbonyl (C=O) groups excluding carboxylic acids is 1. The van der Waals surface area contributed by atoms with E-state index in [9.17, 15) is 4.79 Å². The third-order valence-corrected chi connectivity index (χ3v) is 3.24. The summed E-state index contributed by atoms with van der Waals surface area (Å²) in [5, 5.41) is 3.27. The van der Waals surface area contributed by atoms with Gasteiger partial charge in [0.05, 0.1) is 17.3 Å². The Labute approximate surface area is 129 Å². The maximum atomic E-state index is 12.0. The third-order valence-electron chi connectivity index (χ3n) is 2.93. The maximum Gasteiger partial charge on any atom is 0.261 e. The molecule has 1 heterocycles. The standard InChI is InChI=1S/C16H17ClN2O2/c1-11-6-7-14(17)15(9-11)21-12(2)16(20)19-10-13-5-3-4-8-18-13/h3-9,12H,10H2,1-2H3,(H,19,20). The van der Waals surface area contributed by atoms with Gasteiger partial charge >= 0.3 is 0 Å². The van der Waals surface area contributed by atoms with Gasteiger partial charge < -0.3 is 10.1 Å². The number of aryl methyl sites for hydroxylation is 1. The van der Waals surface area contributed by atoms with Gasteiger partial charge in [-0.05, 0) is 43.7 Å². The van der Waals surface area contributed by atoms with Crippen molar-refractivity contribution in [2.24, 2.45) is 0 Å². The number of rotatable bonds is 5. The molecule has 2 aromatic rings. The lowest BCUT2D eigenvalue weighted by Gasteiger charge is -2.16. The first kappa shape index (κ1) is 15.3. The van der Waals surface area contributed by atoms with Crippen LogP contribution in [0.25, 0.3) is 0 Å². The van der Waals surface area contributed by atoms with Gasteiger partial charge in [-0.25, -0.2) is 0 Å². The molecule has 0 fully saturated rings. The summed E-state index contributed by atoms with van der Waals surface area (Å²) in [5.74, 6) is 0.301. The molecule has 0 saturated heterocycles. The van der Waals surface area contributed by atoms with Gasteiger partial charge in [-0.1, -0.05) is 23.7 Å². The lowest BCUT2D eigenvalue weighted by Crippen LogP contribution is -2.36. The number of ether oxygens (including phenoxy) is 1. The number of nitrogens with one attached hydrogen (secondary N) is 1. The highest BCUT2D eigenvalue weighted by Crippen LogP contribution is 2.26. The average Bonchev–Trinajstić information content (AvgIpc) is 2.49. The molecule has 4 nitrogen and oxygen atoms in total. The van der Waals surface area contributed by atoms with Crippen LogP contribution in [0, 0.1) is 6.92 Å². The fourth-order valence-electron chi connectivity index (χ4n) is 1.77. The van der Waals surface area contributed by atoms with Crippen LogP contribution in [-0.2, 0) is 11.3 Å². The van der Waals surface area contributed by atoms with Crippen molar-refractivity contribution in [3.63, 3.8) is 0 Å². The van der Waals surface area contributed by atoms with Crippen molar-refractivity contribution in [2.45, 2.75) is 26.5 Å². The van der Waals surface area contributed by atoms with Crippen LogP contribution in [0.2, 0.25) is 5.02 Å². The highest BCUT2D eigenvalue weighted by atomic mass is 35.5. The van der Waals surface area contributed by atoms with Crippen molar-refractivity contribution < 1.29 is 9.53 Å². The van der Waals surface area contributed by atoms with Gasteiger partial charge in [0.15, 0.2) is 6.10 Å². The lowest BCUT2D eigenvalue weighted by molar-refractivity contribution is -0.127. The molecule has 1 amide bonds. The normalized spacial score (nSPS) is 11.8. The van der Waals surface area contributed by atoms with Gasteiger partial charge in [0.2, 0.25) is 0 Å². The van der Waals surface area contributed by atoms with E-state index >= 15 is 0 Å². The predicted octanol–water partition coefficient (Wildman–Crippen LogP) is 3.13. The number of hydrogen-bond donors (Lipinski definition) is 1. The summed E-state index contributed by atoms with van der Waals surface area (Å²) in [6, 6.07) is 11.0. The fraction of sp³-hybridized carbons (Fsp3) is 0.250. The molecule has 1 aromatic carbocycles. The number of carbonyl (C=O) groups is 1. The summed E-state index contributed by atoms with van der Waals surface area (Å²) in [7, 11) is 0. The second kappa shape index (κ2) is 7.09. The zero-order valence-electron chi connectivity index (χ0n) is 12.0. The minimum absolute atomic E-state index is 0.210. The van der Waals surface area contributed by atoms with Crippen LogP contribution in [0.4, 0.5) is 0 Å². The molecule has 5 heteroatoms. The van der Waals surface area contributed by atoms with E-state index < -0.39 is 6.10 Å². The monoisotopic (exact) mass is 304 g/mol. The first-order valence-corrected chi connectivity index (χ1v) is 7.04. The molecule has 0 aliphatic rings. The summed E-state index contributed by atoms with van der Waals surface area (Å²) >= 11 is 6.05. The SMILES string of the molecule is Cc1ccc(Cl)c(OC(C)C(=O)NCc2ccccn2)c1. The largest absolute Gasteiger partial charge is 0.479 e. The lowest BCUT2D eigenvalue weighted by atomic mass is 10.2. The molecule has 0 aliphatic carbocycles. The molecule has 1 aromatic heterocycles. The Balaban J connectivity index is 1.92. The summed E-state index contributed by atoms with van der Waals surface area (Å²) < 4.78 is 5.61. The highest BCUT2D eigenvalue weighted by molar-refractivity contribution is 6.32. The number of benzene rings is 1. The van der Waals surface area contributed by atoms with Crippen molar-refractivity contribution in [3.8, 4) is 5.75 Å². The van der Waals surface area contributed by atoms with Crippen LogP contribution >= 0.6 is 11.6 Å². The van der Waals surface area contributed by atoms with Crippen LogP contribution < -0.4 is 10.1 Å².